The molecule has 4 heteroatoms. The van der Waals surface area contributed by atoms with Crippen LogP contribution >= 0.6 is 0 Å². The number of rotatable bonds is 2. The maximum Gasteiger partial charge on any atom is 0.240 e. The molecule has 0 radical (unpaired) electrons. The van der Waals surface area contributed by atoms with E-state index >= 15 is 0 Å². The van der Waals surface area contributed by atoms with Crippen LogP contribution in [0.25, 0.3) is 0 Å². The molecule has 0 fully saturated rings. The first-order chi connectivity index (χ1) is 7.56. The van der Waals surface area contributed by atoms with Gasteiger partial charge in [-0.2, -0.15) is 0 Å². The minimum Gasteiger partial charge on any atom is -0.214 e. The summed E-state index contributed by atoms with van der Waals surface area (Å²) in [5.41, 5.74) is 1.05. The van der Waals surface area contributed by atoms with Crippen LogP contribution in [-0.2, 0) is 10.0 Å². The molecular weight excluding hydrogens is 222 g/mol. The van der Waals surface area contributed by atoms with Crippen molar-refractivity contribution in [2.24, 2.45) is 0 Å². The Balaban J connectivity index is 0. The van der Waals surface area contributed by atoms with Gasteiger partial charge < -0.3 is 0 Å². The summed E-state index contributed by atoms with van der Waals surface area (Å²) in [6, 6.07) is 6.71. The summed E-state index contributed by atoms with van der Waals surface area (Å²) in [7, 11) is -1.87. The zero-order valence-corrected chi connectivity index (χ0v) is 11.9. The fourth-order valence-corrected chi connectivity index (χ4v) is 1.57. The standard InChI is InChI=1S/C8H11NO2S.2C2H6/c1-7-3-5-8(6-4-7)12(10,11)9-2;2*1-2/h3-6,9H,1-2H3;2*1-2H3. The highest BCUT2D eigenvalue weighted by molar-refractivity contribution is 7.89. The summed E-state index contributed by atoms with van der Waals surface area (Å²) >= 11 is 0. The topological polar surface area (TPSA) is 46.2 Å². The molecule has 0 atom stereocenters. The minimum atomic E-state index is -3.26. The van der Waals surface area contributed by atoms with Gasteiger partial charge in [-0.1, -0.05) is 45.4 Å². The highest BCUT2D eigenvalue weighted by Gasteiger charge is 2.09. The van der Waals surface area contributed by atoms with Crippen LogP contribution in [0.1, 0.15) is 33.3 Å². The molecule has 1 N–H and O–H groups in total. The molecule has 0 saturated heterocycles. The maximum absolute atomic E-state index is 11.2. The van der Waals surface area contributed by atoms with Gasteiger partial charge in [0.25, 0.3) is 0 Å². The van der Waals surface area contributed by atoms with E-state index in [4.69, 9.17) is 0 Å². The van der Waals surface area contributed by atoms with E-state index in [1.807, 2.05) is 34.6 Å². The van der Waals surface area contributed by atoms with Gasteiger partial charge in [-0.15, -0.1) is 0 Å². The van der Waals surface area contributed by atoms with Crippen molar-refractivity contribution in [3.05, 3.63) is 29.8 Å². The summed E-state index contributed by atoms with van der Waals surface area (Å²) in [5, 5.41) is 0. The molecule has 3 nitrogen and oxygen atoms in total. The second-order valence-electron chi connectivity index (χ2n) is 2.52. The van der Waals surface area contributed by atoms with Gasteiger partial charge in [0.2, 0.25) is 10.0 Å². The van der Waals surface area contributed by atoms with E-state index in [1.165, 1.54) is 7.05 Å². The zero-order chi connectivity index (χ0) is 13.2. The van der Waals surface area contributed by atoms with Gasteiger partial charge in [-0.05, 0) is 26.1 Å². The summed E-state index contributed by atoms with van der Waals surface area (Å²) in [4.78, 5) is 0.301. The van der Waals surface area contributed by atoms with E-state index in [1.54, 1.807) is 24.3 Å². The Morgan fingerprint density at radius 3 is 1.62 bits per heavy atom. The van der Waals surface area contributed by atoms with Crippen LogP contribution in [0.15, 0.2) is 29.2 Å². The molecule has 94 valence electrons. The number of benzene rings is 1. The first kappa shape index (κ1) is 17.5. The van der Waals surface area contributed by atoms with Crippen LogP contribution in [0.4, 0.5) is 0 Å². The highest BCUT2D eigenvalue weighted by atomic mass is 32.2. The van der Waals surface area contributed by atoms with E-state index in [-0.39, 0.29) is 0 Å². The molecule has 0 aliphatic carbocycles. The van der Waals surface area contributed by atoms with E-state index in [0.717, 1.165) is 5.56 Å². The Morgan fingerprint density at radius 1 is 0.938 bits per heavy atom. The van der Waals surface area contributed by atoms with Crippen LogP contribution in [-0.4, -0.2) is 15.5 Å². The molecule has 0 spiro atoms. The predicted molar refractivity (Wildman–Crippen MR) is 70.1 cm³/mol. The Kier molecular flexibility index (Phi) is 10.3. The number of sulfonamides is 1. The molecule has 0 saturated carbocycles. The molecule has 0 amide bonds. The third kappa shape index (κ3) is 5.88. The minimum absolute atomic E-state index is 0.301. The van der Waals surface area contributed by atoms with Crippen LogP contribution in [0.2, 0.25) is 0 Å². The van der Waals surface area contributed by atoms with Crippen molar-refractivity contribution in [1.82, 2.24) is 4.72 Å². The lowest BCUT2D eigenvalue weighted by Gasteiger charge is -2.01. The van der Waals surface area contributed by atoms with Gasteiger partial charge in [-0.3, -0.25) is 0 Å². The monoisotopic (exact) mass is 245 g/mol. The van der Waals surface area contributed by atoms with Crippen molar-refractivity contribution < 1.29 is 8.42 Å². The van der Waals surface area contributed by atoms with Crippen LogP contribution in [0.5, 0.6) is 0 Å². The Labute approximate surface area is 99.9 Å². The second kappa shape index (κ2) is 9.36. The third-order valence-electron chi connectivity index (χ3n) is 1.60. The number of aryl methyl sites for hydroxylation is 1. The third-order valence-corrected chi connectivity index (χ3v) is 3.03. The Hall–Kier alpha value is -0.870. The SMILES string of the molecule is CC.CC.CNS(=O)(=O)c1ccc(C)cc1. The molecule has 0 aliphatic heterocycles. The van der Waals surface area contributed by atoms with Crippen molar-refractivity contribution in [1.29, 1.82) is 0 Å². The summed E-state index contributed by atoms with van der Waals surface area (Å²) in [5.74, 6) is 0. The predicted octanol–water partition coefficient (Wildman–Crippen LogP) is 2.96. The van der Waals surface area contributed by atoms with Crippen molar-refractivity contribution in [3.63, 3.8) is 0 Å². The molecule has 0 heterocycles. The van der Waals surface area contributed by atoms with Gasteiger partial charge in [0.05, 0.1) is 4.90 Å². The fourth-order valence-electron chi connectivity index (χ4n) is 0.835. The van der Waals surface area contributed by atoms with Crippen molar-refractivity contribution >= 4 is 10.0 Å². The van der Waals surface area contributed by atoms with Crippen molar-refractivity contribution in [2.75, 3.05) is 7.05 Å². The van der Waals surface area contributed by atoms with Crippen LogP contribution in [0.3, 0.4) is 0 Å². The molecule has 1 rings (SSSR count). The first-order valence-corrected chi connectivity index (χ1v) is 7.05. The van der Waals surface area contributed by atoms with Crippen molar-refractivity contribution in [3.8, 4) is 0 Å². The highest BCUT2D eigenvalue weighted by Crippen LogP contribution is 2.08. The average Bonchev–Trinajstić information content (AvgIpc) is 2.35. The summed E-state index contributed by atoms with van der Waals surface area (Å²) in [6.45, 7) is 9.91. The molecule has 0 unspecified atom stereocenters. The van der Waals surface area contributed by atoms with E-state index in [0.29, 0.717) is 4.90 Å². The van der Waals surface area contributed by atoms with Gasteiger partial charge in [0.15, 0.2) is 0 Å². The fraction of sp³-hybridized carbons (Fsp3) is 0.500. The quantitative estimate of drug-likeness (QED) is 0.870. The molecular formula is C12H23NO2S. The van der Waals surface area contributed by atoms with Crippen molar-refractivity contribution in [2.45, 2.75) is 39.5 Å². The zero-order valence-electron chi connectivity index (χ0n) is 11.0. The van der Waals surface area contributed by atoms with Gasteiger partial charge >= 0.3 is 0 Å². The van der Waals surface area contributed by atoms with Crippen LogP contribution in [0, 0.1) is 6.92 Å². The van der Waals surface area contributed by atoms with E-state index in [9.17, 15) is 8.42 Å². The van der Waals surface area contributed by atoms with E-state index < -0.39 is 10.0 Å². The Bertz CT molecular complexity index is 355. The second-order valence-corrected chi connectivity index (χ2v) is 4.41. The van der Waals surface area contributed by atoms with E-state index in [2.05, 4.69) is 4.72 Å². The summed E-state index contributed by atoms with van der Waals surface area (Å²) in [6.07, 6.45) is 0. The number of nitrogens with one attached hydrogen (secondary N) is 1. The van der Waals surface area contributed by atoms with Gasteiger partial charge in [-0.25, -0.2) is 13.1 Å². The maximum atomic E-state index is 11.2. The van der Waals surface area contributed by atoms with Gasteiger partial charge in [0, 0.05) is 0 Å². The molecule has 0 aliphatic rings. The average molecular weight is 245 g/mol. The molecule has 0 bridgehead atoms. The molecule has 1 aromatic rings. The smallest absolute Gasteiger partial charge is 0.214 e. The number of hydrogen-bond donors (Lipinski definition) is 1. The van der Waals surface area contributed by atoms with Crippen LogP contribution < -0.4 is 4.72 Å². The number of hydrogen-bond acceptors (Lipinski definition) is 2. The molecule has 1 aromatic carbocycles. The lowest BCUT2D eigenvalue weighted by molar-refractivity contribution is 0.588. The first-order valence-electron chi connectivity index (χ1n) is 5.56. The molecule has 0 aromatic heterocycles. The molecule has 16 heavy (non-hydrogen) atoms. The lowest BCUT2D eigenvalue weighted by Crippen LogP contribution is -2.18. The largest absolute Gasteiger partial charge is 0.240 e. The summed E-state index contributed by atoms with van der Waals surface area (Å²) < 4.78 is 24.7. The lowest BCUT2D eigenvalue weighted by atomic mass is 10.2. The Morgan fingerprint density at radius 2 is 1.31 bits per heavy atom. The normalized spacial score (nSPS) is 9.38. The van der Waals surface area contributed by atoms with Gasteiger partial charge in [0.1, 0.15) is 0 Å².